The van der Waals surface area contributed by atoms with E-state index in [1.165, 1.54) is 21.8 Å². The van der Waals surface area contributed by atoms with Crippen LogP contribution in [0.3, 0.4) is 0 Å². The molecule has 1 atom stereocenters. The molecular formula is C14H16F2N4O. The maximum Gasteiger partial charge on any atom is 0.274 e. The average molecular weight is 294 g/mol. The van der Waals surface area contributed by atoms with Gasteiger partial charge in [0.15, 0.2) is 11.6 Å². The Balaban J connectivity index is 2.28. The van der Waals surface area contributed by atoms with Crippen LogP contribution in [-0.4, -0.2) is 27.6 Å². The standard InChI is InChI=1S/C14H16F2N4O/c1-8(9-4-5-10(15)11(16)6-9)19(2)14(21)13-12(17)7-18-20(13)3/h4-8H,17H2,1-3H3. The highest BCUT2D eigenvalue weighted by Crippen LogP contribution is 2.23. The summed E-state index contributed by atoms with van der Waals surface area (Å²) >= 11 is 0. The van der Waals surface area contributed by atoms with Crippen molar-refractivity contribution in [1.82, 2.24) is 14.7 Å². The number of hydrogen-bond donors (Lipinski definition) is 1. The first-order valence-corrected chi connectivity index (χ1v) is 6.32. The maximum atomic E-state index is 13.3. The van der Waals surface area contributed by atoms with Crippen LogP contribution in [-0.2, 0) is 7.05 Å². The van der Waals surface area contributed by atoms with Crippen LogP contribution in [0, 0.1) is 11.6 Å². The molecule has 0 bridgehead atoms. The summed E-state index contributed by atoms with van der Waals surface area (Å²) in [5.41, 5.74) is 6.74. The summed E-state index contributed by atoms with van der Waals surface area (Å²) in [6.45, 7) is 1.72. The van der Waals surface area contributed by atoms with Gasteiger partial charge in [-0.1, -0.05) is 6.07 Å². The monoisotopic (exact) mass is 294 g/mol. The van der Waals surface area contributed by atoms with Gasteiger partial charge in [-0.05, 0) is 24.6 Å². The largest absolute Gasteiger partial charge is 0.396 e. The molecule has 0 aliphatic carbocycles. The van der Waals surface area contributed by atoms with Crippen molar-refractivity contribution in [2.24, 2.45) is 7.05 Å². The van der Waals surface area contributed by atoms with E-state index >= 15 is 0 Å². The van der Waals surface area contributed by atoms with E-state index in [0.717, 1.165) is 12.1 Å². The smallest absolute Gasteiger partial charge is 0.274 e. The summed E-state index contributed by atoms with van der Waals surface area (Å²) in [4.78, 5) is 13.8. The predicted octanol–water partition coefficient (Wildman–Crippen LogP) is 2.11. The molecule has 0 saturated heterocycles. The van der Waals surface area contributed by atoms with Gasteiger partial charge < -0.3 is 10.6 Å². The lowest BCUT2D eigenvalue weighted by Gasteiger charge is -2.25. The molecule has 1 aromatic carbocycles. The van der Waals surface area contributed by atoms with E-state index < -0.39 is 17.7 Å². The molecule has 1 heterocycles. The zero-order valence-electron chi connectivity index (χ0n) is 12.0. The first-order chi connectivity index (χ1) is 9.82. The number of carbonyl (C=O) groups is 1. The van der Waals surface area contributed by atoms with Crippen LogP contribution in [0.4, 0.5) is 14.5 Å². The molecule has 0 radical (unpaired) electrons. The number of aryl methyl sites for hydroxylation is 1. The lowest BCUT2D eigenvalue weighted by atomic mass is 10.1. The lowest BCUT2D eigenvalue weighted by Crippen LogP contribution is -2.31. The molecule has 0 aliphatic rings. The van der Waals surface area contributed by atoms with Gasteiger partial charge in [-0.2, -0.15) is 5.10 Å². The topological polar surface area (TPSA) is 64.2 Å². The van der Waals surface area contributed by atoms with E-state index in [-0.39, 0.29) is 17.3 Å². The molecule has 112 valence electrons. The van der Waals surface area contributed by atoms with Crippen LogP contribution in [0.1, 0.15) is 29.0 Å². The Kier molecular flexibility index (Phi) is 3.93. The number of nitrogens with zero attached hydrogens (tertiary/aromatic N) is 3. The zero-order valence-corrected chi connectivity index (χ0v) is 12.0. The molecule has 7 heteroatoms. The number of nitrogens with two attached hydrogens (primary N) is 1. The van der Waals surface area contributed by atoms with Crippen LogP contribution in [0.2, 0.25) is 0 Å². The van der Waals surface area contributed by atoms with Crippen LogP contribution < -0.4 is 5.73 Å². The summed E-state index contributed by atoms with van der Waals surface area (Å²) in [6.07, 6.45) is 1.39. The van der Waals surface area contributed by atoms with Gasteiger partial charge in [-0.3, -0.25) is 9.48 Å². The second-order valence-electron chi connectivity index (χ2n) is 4.84. The summed E-state index contributed by atoms with van der Waals surface area (Å²) < 4.78 is 27.6. The fourth-order valence-electron chi connectivity index (χ4n) is 2.06. The SMILES string of the molecule is CC(c1ccc(F)c(F)c1)N(C)C(=O)c1c(N)cnn1C. The van der Waals surface area contributed by atoms with E-state index in [4.69, 9.17) is 5.73 Å². The van der Waals surface area contributed by atoms with Crippen molar-refractivity contribution in [2.45, 2.75) is 13.0 Å². The lowest BCUT2D eigenvalue weighted by molar-refractivity contribution is 0.0732. The Labute approximate surface area is 121 Å². The van der Waals surface area contributed by atoms with Gasteiger partial charge in [0.05, 0.1) is 17.9 Å². The molecule has 0 aliphatic heterocycles. The van der Waals surface area contributed by atoms with Crippen molar-refractivity contribution < 1.29 is 13.6 Å². The molecule has 2 rings (SSSR count). The number of nitrogen functional groups attached to an aromatic ring is 1. The zero-order chi connectivity index (χ0) is 15.7. The van der Waals surface area contributed by atoms with E-state index in [1.807, 2.05) is 0 Å². The second kappa shape index (κ2) is 5.51. The Morgan fingerprint density at radius 1 is 1.38 bits per heavy atom. The van der Waals surface area contributed by atoms with Crippen molar-refractivity contribution in [3.05, 3.63) is 47.3 Å². The third kappa shape index (κ3) is 2.72. The summed E-state index contributed by atoms with van der Waals surface area (Å²) in [5.74, 6) is -2.21. The number of carbonyl (C=O) groups excluding carboxylic acids is 1. The fourth-order valence-corrected chi connectivity index (χ4v) is 2.06. The first-order valence-electron chi connectivity index (χ1n) is 6.32. The van der Waals surface area contributed by atoms with Gasteiger partial charge in [-0.15, -0.1) is 0 Å². The molecule has 2 N–H and O–H groups in total. The molecule has 1 unspecified atom stereocenters. The normalized spacial score (nSPS) is 12.2. The van der Waals surface area contributed by atoms with Gasteiger partial charge in [0.1, 0.15) is 5.69 Å². The van der Waals surface area contributed by atoms with E-state index in [2.05, 4.69) is 5.10 Å². The predicted molar refractivity (Wildman–Crippen MR) is 74.5 cm³/mol. The molecule has 1 amide bonds. The Hall–Kier alpha value is -2.44. The van der Waals surface area contributed by atoms with Gasteiger partial charge in [0.2, 0.25) is 0 Å². The van der Waals surface area contributed by atoms with Gasteiger partial charge >= 0.3 is 0 Å². The first kappa shape index (κ1) is 15.0. The third-order valence-electron chi connectivity index (χ3n) is 3.50. The number of aromatic nitrogens is 2. The number of hydrogen-bond acceptors (Lipinski definition) is 3. The number of anilines is 1. The van der Waals surface area contributed by atoms with Crippen molar-refractivity contribution in [3.63, 3.8) is 0 Å². The maximum absolute atomic E-state index is 13.3. The molecule has 0 fully saturated rings. The minimum Gasteiger partial charge on any atom is -0.396 e. The highest BCUT2D eigenvalue weighted by atomic mass is 19.2. The molecule has 0 spiro atoms. The van der Waals surface area contributed by atoms with Crippen LogP contribution in [0.5, 0.6) is 0 Å². The van der Waals surface area contributed by atoms with Crippen molar-refractivity contribution in [3.8, 4) is 0 Å². The highest BCUT2D eigenvalue weighted by molar-refractivity contribution is 5.97. The Morgan fingerprint density at radius 3 is 2.57 bits per heavy atom. The van der Waals surface area contributed by atoms with Crippen LogP contribution in [0.15, 0.2) is 24.4 Å². The third-order valence-corrected chi connectivity index (χ3v) is 3.50. The van der Waals surface area contributed by atoms with Crippen molar-refractivity contribution >= 4 is 11.6 Å². The number of benzene rings is 1. The molecule has 2 aromatic rings. The van der Waals surface area contributed by atoms with Gasteiger partial charge in [0.25, 0.3) is 5.91 Å². The van der Waals surface area contributed by atoms with Gasteiger partial charge in [-0.25, -0.2) is 8.78 Å². The molecule has 21 heavy (non-hydrogen) atoms. The quantitative estimate of drug-likeness (QED) is 0.943. The van der Waals surface area contributed by atoms with E-state index in [0.29, 0.717) is 5.56 Å². The fraction of sp³-hybridized carbons (Fsp3) is 0.286. The summed E-state index contributed by atoms with van der Waals surface area (Å²) in [5, 5.41) is 3.91. The average Bonchev–Trinajstić information content (AvgIpc) is 2.79. The Morgan fingerprint density at radius 2 is 2.05 bits per heavy atom. The van der Waals surface area contributed by atoms with E-state index in [9.17, 15) is 13.6 Å². The number of rotatable bonds is 3. The second-order valence-corrected chi connectivity index (χ2v) is 4.84. The molecule has 5 nitrogen and oxygen atoms in total. The van der Waals surface area contributed by atoms with Gasteiger partial charge in [0, 0.05) is 14.1 Å². The Bertz CT molecular complexity index is 664. The molecule has 0 saturated carbocycles. The number of halogens is 2. The minimum absolute atomic E-state index is 0.256. The van der Waals surface area contributed by atoms with Crippen molar-refractivity contribution in [1.29, 1.82) is 0 Å². The summed E-state index contributed by atoms with van der Waals surface area (Å²) in [6, 6.07) is 3.12. The van der Waals surface area contributed by atoms with Crippen LogP contribution >= 0.6 is 0 Å². The van der Waals surface area contributed by atoms with Crippen molar-refractivity contribution in [2.75, 3.05) is 12.8 Å². The molecular weight excluding hydrogens is 278 g/mol. The number of amides is 1. The highest BCUT2D eigenvalue weighted by Gasteiger charge is 2.24. The minimum atomic E-state index is -0.944. The molecule has 1 aromatic heterocycles. The van der Waals surface area contributed by atoms with E-state index in [1.54, 1.807) is 21.0 Å². The van der Waals surface area contributed by atoms with Crippen LogP contribution in [0.25, 0.3) is 0 Å². The summed E-state index contributed by atoms with van der Waals surface area (Å²) in [7, 11) is 3.18.